The van der Waals surface area contributed by atoms with Crippen LogP contribution in [0.5, 0.6) is 11.5 Å². The number of hydrogen-bond donors (Lipinski definition) is 2. The average Bonchev–Trinajstić information content (AvgIpc) is 2.96. The van der Waals surface area contributed by atoms with E-state index in [-0.39, 0.29) is 11.5 Å². The molecule has 4 aromatic rings. The number of rotatable bonds is 3. The molecule has 1 heterocycles. The summed E-state index contributed by atoms with van der Waals surface area (Å²) in [5.41, 5.74) is 3.64. The Hall–Kier alpha value is -3.27. The number of phenolic OH excluding ortho intramolecular Hbond substituents is 2. The third-order valence-electron chi connectivity index (χ3n) is 4.08. The molecule has 2 N–H and O–H groups in total. The van der Waals surface area contributed by atoms with Gasteiger partial charge < -0.3 is 14.8 Å². The second kappa shape index (κ2) is 5.74. The smallest absolute Gasteiger partial charge is 0.145 e. The molecular formula is C20H16N2O2. The second-order valence-electron chi connectivity index (χ2n) is 5.69. The van der Waals surface area contributed by atoms with E-state index in [4.69, 9.17) is 4.98 Å². The predicted molar refractivity (Wildman–Crippen MR) is 94.0 cm³/mol. The Labute approximate surface area is 139 Å². The molecule has 4 nitrogen and oxygen atoms in total. The Morgan fingerprint density at radius 1 is 0.792 bits per heavy atom. The third kappa shape index (κ3) is 2.48. The van der Waals surface area contributed by atoms with E-state index in [2.05, 4.69) is 4.57 Å². The largest absolute Gasteiger partial charge is 0.508 e. The van der Waals surface area contributed by atoms with Gasteiger partial charge in [-0.3, -0.25) is 0 Å². The zero-order valence-electron chi connectivity index (χ0n) is 12.9. The standard InChI is InChI=1S/C20H16N2O2/c23-15-11-9-14(10-12-15)13-22-18-7-3-2-6-17(18)21-20(22)16-5-1-4-8-19(16)24/h1-12,23-24H,13H2. The predicted octanol–water partition coefficient (Wildman–Crippen LogP) is 4.16. The Morgan fingerprint density at radius 2 is 1.50 bits per heavy atom. The van der Waals surface area contributed by atoms with Crippen LogP contribution in [0.15, 0.2) is 72.8 Å². The van der Waals surface area contributed by atoms with Gasteiger partial charge in [-0.15, -0.1) is 0 Å². The summed E-state index contributed by atoms with van der Waals surface area (Å²) >= 11 is 0. The van der Waals surface area contributed by atoms with Crippen LogP contribution in [0.4, 0.5) is 0 Å². The van der Waals surface area contributed by atoms with Crippen LogP contribution in [0.1, 0.15) is 5.56 Å². The number of nitrogens with zero attached hydrogens (tertiary/aromatic N) is 2. The van der Waals surface area contributed by atoms with Gasteiger partial charge in [-0.1, -0.05) is 36.4 Å². The molecule has 0 amide bonds. The van der Waals surface area contributed by atoms with E-state index in [9.17, 15) is 10.2 Å². The number of aromatic nitrogens is 2. The van der Waals surface area contributed by atoms with E-state index in [0.717, 1.165) is 22.4 Å². The van der Waals surface area contributed by atoms with Crippen molar-refractivity contribution in [3.8, 4) is 22.9 Å². The molecule has 4 heteroatoms. The molecule has 3 aromatic carbocycles. The van der Waals surface area contributed by atoms with Crippen molar-refractivity contribution in [1.29, 1.82) is 0 Å². The maximum atomic E-state index is 10.2. The fourth-order valence-corrected chi connectivity index (χ4v) is 2.89. The molecule has 0 spiro atoms. The molecule has 0 radical (unpaired) electrons. The minimum atomic E-state index is 0.208. The highest BCUT2D eigenvalue weighted by molar-refractivity contribution is 5.82. The Balaban J connectivity index is 1.90. The molecule has 0 aliphatic carbocycles. The SMILES string of the molecule is Oc1ccc(Cn2c(-c3ccccc3O)nc3ccccc32)cc1. The number of para-hydroxylation sites is 3. The first-order chi connectivity index (χ1) is 11.7. The molecule has 0 saturated carbocycles. The average molecular weight is 316 g/mol. The number of hydrogen-bond acceptors (Lipinski definition) is 3. The first kappa shape index (κ1) is 14.3. The monoisotopic (exact) mass is 316 g/mol. The van der Waals surface area contributed by atoms with Gasteiger partial charge in [-0.25, -0.2) is 4.98 Å². The van der Waals surface area contributed by atoms with Gasteiger partial charge in [0.2, 0.25) is 0 Å². The summed E-state index contributed by atoms with van der Waals surface area (Å²) in [5, 5.41) is 19.7. The molecule has 0 atom stereocenters. The number of benzene rings is 3. The number of aromatic hydroxyl groups is 2. The molecule has 0 aliphatic heterocycles. The van der Waals surface area contributed by atoms with Crippen molar-refractivity contribution in [3.05, 3.63) is 78.4 Å². The summed E-state index contributed by atoms with van der Waals surface area (Å²) in [6, 6.07) is 22.3. The van der Waals surface area contributed by atoms with Crippen LogP contribution in [0, 0.1) is 0 Å². The zero-order chi connectivity index (χ0) is 16.5. The summed E-state index contributed by atoms with van der Waals surface area (Å²) in [4.78, 5) is 4.71. The fourth-order valence-electron chi connectivity index (χ4n) is 2.89. The van der Waals surface area contributed by atoms with E-state index in [1.54, 1.807) is 24.3 Å². The Morgan fingerprint density at radius 3 is 2.29 bits per heavy atom. The fraction of sp³-hybridized carbons (Fsp3) is 0.0500. The van der Waals surface area contributed by atoms with Gasteiger partial charge in [0.25, 0.3) is 0 Å². The summed E-state index contributed by atoms with van der Waals surface area (Å²) in [6.07, 6.45) is 0. The van der Waals surface area contributed by atoms with E-state index in [1.807, 2.05) is 48.5 Å². The van der Waals surface area contributed by atoms with Crippen LogP contribution in [-0.4, -0.2) is 19.8 Å². The quantitative estimate of drug-likeness (QED) is 0.596. The maximum absolute atomic E-state index is 10.2. The topological polar surface area (TPSA) is 58.3 Å². The van der Waals surface area contributed by atoms with Crippen molar-refractivity contribution in [1.82, 2.24) is 9.55 Å². The van der Waals surface area contributed by atoms with Crippen molar-refractivity contribution < 1.29 is 10.2 Å². The van der Waals surface area contributed by atoms with Crippen molar-refractivity contribution in [2.75, 3.05) is 0 Å². The van der Waals surface area contributed by atoms with Gasteiger partial charge in [0.05, 0.1) is 16.6 Å². The lowest BCUT2D eigenvalue weighted by molar-refractivity contribution is 0.475. The van der Waals surface area contributed by atoms with Crippen LogP contribution in [-0.2, 0) is 6.54 Å². The second-order valence-corrected chi connectivity index (χ2v) is 5.69. The molecule has 118 valence electrons. The molecule has 0 saturated heterocycles. The van der Waals surface area contributed by atoms with E-state index in [0.29, 0.717) is 12.1 Å². The highest BCUT2D eigenvalue weighted by Gasteiger charge is 2.15. The molecule has 4 rings (SSSR count). The molecule has 0 fully saturated rings. The molecule has 0 bridgehead atoms. The first-order valence-electron chi connectivity index (χ1n) is 7.74. The molecular weight excluding hydrogens is 300 g/mol. The number of phenols is 2. The van der Waals surface area contributed by atoms with Gasteiger partial charge in [-0.05, 0) is 42.0 Å². The summed E-state index contributed by atoms with van der Waals surface area (Å²) in [7, 11) is 0. The minimum absolute atomic E-state index is 0.208. The van der Waals surface area contributed by atoms with Crippen LogP contribution < -0.4 is 0 Å². The normalized spacial score (nSPS) is 11.0. The molecule has 24 heavy (non-hydrogen) atoms. The van der Waals surface area contributed by atoms with E-state index >= 15 is 0 Å². The lowest BCUT2D eigenvalue weighted by atomic mass is 10.1. The summed E-state index contributed by atoms with van der Waals surface area (Å²) in [5.74, 6) is 1.18. The van der Waals surface area contributed by atoms with E-state index in [1.165, 1.54) is 0 Å². The van der Waals surface area contributed by atoms with E-state index < -0.39 is 0 Å². The van der Waals surface area contributed by atoms with Gasteiger partial charge in [0.15, 0.2) is 0 Å². The summed E-state index contributed by atoms with van der Waals surface area (Å²) in [6.45, 7) is 0.602. The summed E-state index contributed by atoms with van der Waals surface area (Å²) < 4.78 is 2.08. The van der Waals surface area contributed by atoms with Crippen LogP contribution in [0.2, 0.25) is 0 Å². The van der Waals surface area contributed by atoms with Crippen molar-refractivity contribution in [3.63, 3.8) is 0 Å². The zero-order valence-corrected chi connectivity index (χ0v) is 12.9. The van der Waals surface area contributed by atoms with Gasteiger partial charge in [0, 0.05) is 6.54 Å². The molecule has 1 aromatic heterocycles. The molecule has 0 aliphatic rings. The lowest BCUT2D eigenvalue weighted by Gasteiger charge is -2.11. The molecule has 0 unspecified atom stereocenters. The Bertz CT molecular complexity index is 1000. The Kier molecular flexibility index (Phi) is 3.43. The maximum Gasteiger partial charge on any atom is 0.145 e. The van der Waals surface area contributed by atoms with Crippen LogP contribution in [0.3, 0.4) is 0 Å². The first-order valence-corrected chi connectivity index (χ1v) is 7.74. The van der Waals surface area contributed by atoms with Crippen LogP contribution >= 0.6 is 0 Å². The van der Waals surface area contributed by atoms with Crippen molar-refractivity contribution in [2.45, 2.75) is 6.54 Å². The highest BCUT2D eigenvalue weighted by Crippen LogP contribution is 2.31. The van der Waals surface area contributed by atoms with Gasteiger partial charge in [-0.2, -0.15) is 0 Å². The van der Waals surface area contributed by atoms with Gasteiger partial charge >= 0.3 is 0 Å². The van der Waals surface area contributed by atoms with Crippen LogP contribution in [0.25, 0.3) is 22.4 Å². The third-order valence-corrected chi connectivity index (χ3v) is 4.08. The highest BCUT2D eigenvalue weighted by atomic mass is 16.3. The van der Waals surface area contributed by atoms with Gasteiger partial charge in [0.1, 0.15) is 17.3 Å². The van der Waals surface area contributed by atoms with Crippen molar-refractivity contribution in [2.24, 2.45) is 0 Å². The number of fused-ring (bicyclic) bond motifs is 1. The van der Waals surface area contributed by atoms with Crippen molar-refractivity contribution >= 4 is 11.0 Å². The number of imidazole rings is 1. The minimum Gasteiger partial charge on any atom is -0.508 e. The lowest BCUT2D eigenvalue weighted by Crippen LogP contribution is -2.02.